The molecular formula is C11H8F3O3. The average molecular weight is 245 g/mol. The SMILES string of the molecule is COC(=O)[CH]C(=O)c1cccc(C(F)(F)F)c1. The zero-order valence-corrected chi connectivity index (χ0v) is 8.75. The number of ether oxygens (including phenoxy) is 1. The van der Waals surface area contributed by atoms with E-state index in [9.17, 15) is 22.8 Å². The Morgan fingerprint density at radius 1 is 1.29 bits per heavy atom. The van der Waals surface area contributed by atoms with Crippen molar-refractivity contribution in [3.63, 3.8) is 0 Å². The van der Waals surface area contributed by atoms with Gasteiger partial charge in [0.15, 0.2) is 5.78 Å². The molecule has 0 N–H and O–H groups in total. The lowest BCUT2D eigenvalue weighted by molar-refractivity contribution is -0.137. The van der Waals surface area contributed by atoms with Gasteiger partial charge in [0.05, 0.1) is 12.7 Å². The number of benzene rings is 1. The van der Waals surface area contributed by atoms with E-state index >= 15 is 0 Å². The van der Waals surface area contributed by atoms with E-state index in [4.69, 9.17) is 0 Å². The van der Waals surface area contributed by atoms with E-state index in [1.54, 1.807) is 0 Å². The van der Waals surface area contributed by atoms with Gasteiger partial charge in [0.25, 0.3) is 0 Å². The van der Waals surface area contributed by atoms with Crippen LogP contribution in [0.4, 0.5) is 13.2 Å². The molecular weight excluding hydrogens is 237 g/mol. The Morgan fingerprint density at radius 3 is 2.47 bits per heavy atom. The third kappa shape index (κ3) is 3.58. The quantitative estimate of drug-likeness (QED) is 0.466. The van der Waals surface area contributed by atoms with Gasteiger partial charge in [-0.3, -0.25) is 9.59 Å². The maximum Gasteiger partial charge on any atom is 0.416 e. The highest BCUT2D eigenvalue weighted by Crippen LogP contribution is 2.29. The van der Waals surface area contributed by atoms with Gasteiger partial charge < -0.3 is 4.74 Å². The molecule has 0 aliphatic heterocycles. The summed E-state index contributed by atoms with van der Waals surface area (Å²) in [5.41, 5.74) is -1.16. The van der Waals surface area contributed by atoms with Crippen LogP contribution in [0.5, 0.6) is 0 Å². The summed E-state index contributed by atoms with van der Waals surface area (Å²) in [5.74, 6) is -1.74. The van der Waals surface area contributed by atoms with Crippen molar-refractivity contribution in [2.75, 3.05) is 7.11 Å². The number of hydrogen-bond donors (Lipinski definition) is 0. The molecule has 3 nitrogen and oxygen atoms in total. The Balaban J connectivity index is 2.92. The normalized spacial score (nSPS) is 11.1. The van der Waals surface area contributed by atoms with E-state index in [1.165, 1.54) is 6.07 Å². The molecule has 6 heteroatoms. The van der Waals surface area contributed by atoms with Crippen molar-refractivity contribution in [2.45, 2.75) is 6.18 Å². The molecule has 0 atom stereocenters. The Labute approximate surface area is 95.2 Å². The number of hydrogen-bond acceptors (Lipinski definition) is 3. The second-order valence-electron chi connectivity index (χ2n) is 3.11. The van der Waals surface area contributed by atoms with Gasteiger partial charge in [-0.15, -0.1) is 0 Å². The number of methoxy groups -OCH3 is 1. The van der Waals surface area contributed by atoms with E-state index in [-0.39, 0.29) is 5.56 Å². The highest BCUT2D eigenvalue weighted by molar-refractivity contribution is 6.15. The number of carbonyl (C=O) groups excluding carboxylic acids is 2. The summed E-state index contributed by atoms with van der Waals surface area (Å²) in [6, 6.07) is 3.81. The maximum absolute atomic E-state index is 12.3. The smallest absolute Gasteiger partial charge is 0.416 e. The van der Waals surface area contributed by atoms with Crippen molar-refractivity contribution >= 4 is 11.8 Å². The fourth-order valence-electron chi connectivity index (χ4n) is 1.10. The predicted molar refractivity (Wildman–Crippen MR) is 52.1 cm³/mol. The van der Waals surface area contributed by atoms with Crippen molar-refractivity contribution in [3.8, 4) is 0 Å². The molecule has 0 unspecified atom stereocenters. The number of halogens is 3. The third-order valence-corrected chi connectivity index (χ3v) is 1.92. The van der Waals surface area contributed by atoms with Crippen LogP contribution in [0.3, 0.4) is 0 Å². The minimum atomic E-state index is -4.53. The number of esters is 1. The van der Waals surface area contributed by atoms with E-state index in [1.807, 2.05) is 0 Å². The van der Waals surface area contributed by atoms with Crippen LogP contribution in [0.1, 0.15) is 15.9 Å². The summed E-state index contributed by atoms with van der Waals surface area (Å²) in [6.45, 7) is 0. The molecule has 0 saturated carbocycles. The van der Waals surface area contributed by atoms with Gasteiger partial charge in [-0.25, -0.2) is 0 Å². The minimum Gasteiger partial charge on any atom is -0.468 e. The van der Waals surface area contributed by atoms with Gasteiger partial charge in [0.1, 0.15) is 6.42 Å². The van der Waals surface area contributed by atoms with Crippen molar-refractivity contribution in [3.05, 3.63) is 41.8 Å². The van der Waals surface area contributed by atoms with Gasteiger partial charge in [-0.2, -0.15) is 13.2 Å². The standard InChI is InChI=1S/C11H8F3O3/c1-17-10(16)6-9(15)7-3-2-4-8(5-7)11(12,13)14/h2-6H,1H3. The second-order valence-corrected chi connectivity index (χ2v) is 3.11. The summed E-state index contributed by atoms with van der Waals surface area (Å²) in [4.78, 5) is 22.1. The highest BCUT2D eigenvalue weighted by Gasteiger charge is 2.31. The number of alkyl halides is 3. The van der Waals surface area contributed by atoms with Crippen LogP contribution in [-0.4, -0.2) is 18.9 Å². The summed E-state index contributed by atoms with van der Waals surface area (Å²) in [7, 11) is 1.07. The molecule has 91 valence electrons. The van der Waals surface area contributed by atoms with Crippen LogP contribution in [0.25, 0.3) is 0 Å². The van der Waals surface area contributed by atoms with Crippen LogP contribution >= 0.6 is 0 Å². The molecule has 0 aromatic heterocycles. The van der Waals surface area contributed by atoms with Gasteiger partial charge in [-0.05, 0) is 12.1 Å². The minimum absolute atomic E-state index is 0.217. The van der Waals surface area contributed by atoms with Crippen LogP contribution in [0, 0.1) is 6.42 Å². The molecule has 1 rings (SSSR count). The van der Waals surface area contributed by atoms with E-state index < -0.39 is 23.5 Å². The van der Waals surface area contributed by atoms with E-state index in [0.29, 0.717) is 12.5 Å². The first-order valence-electron chi connectivity index (χ1n) is 4.49. The first-order valence-corrected chi connectivity index (χ1v) is 4.49. The average Bonchev–Trinajstić information content (AvgIpc) is 2.28. The van der Waals surface area contributed by atoms with Crippen LogP contribution < -0.4 is 0 Å². The third-order valence-electron chi connectivity index (χ3n) is 1.92. The Hall–Kier alpha value is -1.85. The van der Waals surface area contributed by atoms with Crippen molar-refractivity contribution in [2.24, 2.45) is 0 Å². The molecule has 0 amide bonds. The van der Waals surface area contributed by atoms with Gasteiger partial charge in [0, 0.05) is 5.56 Å². The molecule has 0 fully saturated rings. The fourth-order valence-corrected chi connectivity index (χ4v) is 1.10. The monoisotopic (exact) mass is 245 g/mol. The lowest BCUT2D eigenvalue weighted by Crippen LogP contribution is -2.12. The molecule has 0 spiro atoms. The van der Waals surface area contributed by atoms with Gasteiger partial charge in [0.2, 0.25) is 0 Å². The molecule has 0 aliphatic carbocycles. The van der Waals surface area contributed by atoms with Gasteiger partial charge in [-0.1, -0.05) is 12.1 Å². The molecule has 0 bridgehead atoms. The lowest BCUT2D eigenvalue weighted by atomic mass is 10.1. The van der Waals surface area contributed by atoms with Crippen molar-refractivity contribution in [1.29, 1.82) is 0 Å². The number of Topliss-reactive ketones (excluding diaryl/α,β-unsaturated/α-hetero) is 1. The Bertz CT molecular complexity index is 438. The van der Waals surface area contributed by atoms with Crippen molar-refractivity contribution in [1.82, 2.24) is 0 Å². The molecule has 0 aliphatic rings. The number of ketones is 1. The molecule has 1 aromatic carbocycles. The first kappa shape index (κ1) is 13.2. The summed E-state index contributed by atoms with van der Waals surface area (Å²) in [6.07, 6.45) is -3.93. The van der Waals surface area contributed by atoms with Crippen LogP contribution in [0.15, 0.2) is 24.3 Å². The topological polar surface area (TPSA) is 43.4 Å². The summed E-state index contributed by atoms with van der Waals surface area (Å²) in [5, 5.41) is 0. The molecule has 1 radical (unpaired) electrons. The Kier molecular flexibility index (Phi) is 3.88. The summed E-state index contributed by atoms with van der Waals surface area (Å²) < 4.78 is 41.2. The maximum atomic E-state index is 12.3. The molecule has 0 saturated heterocycles. The van der Waals surface area contributed by atoms with E-state index in [2.05, 4.69) is 4.74 Å². The predicted octanol–water partition coefficient (Wildman–Crippen LogP) is 2.27. The zero-order chi connectivity index (χ0) is 13.1. The number of rotatable bonds is 3. The second kappa shape index (κ2) is 4.99. The van der Waals surface area contributed by atoms with Crippen LogP contribution in [0.2, 0.25) is 0 Å². The van der Waals surface area contributed by atoms with E-state index in [0.717, 1.165) is 19.2 Å². The molecule has 17 heavy (non-hydrogen) atoms. The number of carbonyl (C=O) groups is 2. The first-order chi connectivity index (χ1) is 7.84. The van der Waals surface area contributed by atoms with Crippen molar-refractivity contribution < 1.29 is 27.5 Å². The Morgan fingerprint density at radius 2 is 1.94 bits per heavy atom. The molecule has 1 aromatic rings. The van der Waals surface area contributed by atoms with Gasteiger partial charge >= 0.3 is 12.1 Å². The molecule has 0 heterocycles. The lowest BCUT2D eigenvalue weighted by Gasteiger charge is -2.07. The largest absolute Gasteiger partial charge is 0.468 e. The zero-order valence-electron chi connectivity index (χ0n) is 8.75. The fraction of sp³-hybridized carbons (Fsp3) is 0.182. The highest BCUT2D eigenvalue weighted by atomic mass is 19.4. The van der Waals surface area contributed by atoms with Crippen LogP contribution in [-0.2, 0) is 15.7 Å². The summed E-state index contributed by atoms with van der Waals surface area (Å²) >= 11 is 0.